The second-order valence-electron chi connectivity index (χ2n) is 5.58. The van der Waals surface area contributed by atoms with Crippen molar-refractivity contribution >= 4 is 12.6 Å². The van der Waals surface area contributed by atoms with E-state index in [0.717, 1.165) is 25.0 Å². The molecule has 2 rings (SSSR count). The van der Waals surface area contributed by atoms with Crippen LogP contribution in [-0.4, -0.2) is 13.7 Å². The molecule has 0 aliphatic rings. The average molecular weight is 398 g/mol. The number of aryl methyl sites for hydroxylation is 2. The predicted octanol–water partition coefficient (Wildman–Crippen LogP) is 5.67. The zero-order valence-electron chi connectivity index (χ0n) is 16.0. The minimum Gasteiger partial charge on any atom is -0.494 e. The number of nitrogens with one attached hydrogen (secondary N) is 1. The summed E-state index contributed by atoms with van der Waals surface area (Å²) in [4.78, 5) is -0.0342. The highest BCUT2D eigenvalue weighted by atomic mass is 32.1. The first-order valence-corrected chi connectivity index (χ1v) is 8.70. The average Bonchev–Trinajstić information content (AvgIpc) is 2.61. The van der Waals surface area contributed by atoms with Crippen molar-refractivity contribution in [1.29, 1.82) is 0 Å². The predicted molar refractivity (Wildman–Crippen MR) is 108 cm³/mol. The van der Waals surface area contributed by atoms with Gasteiger partial charge in [0.1, 0.15) is 5.75 Å². The van der Waals surface area contributed by atoms with Crippen LogP contribution in [0.4, 0.5) is 13.2 Å². The molecular formula is C21H26F3NOS. The number of rotatable bonds is 4. The van der Waals surface area contributed by atoms with Crippen molar-refractivity contribution in [2.45, 2.75) is 38.4 Å². The van der Waals surface area contributed by atoms with Gasteiger partial charge >= 0.3 is 6.18 Å². The number of ether oxygens (including phenoxy) is 1. The Morgan fingerprint density at radius 3 is 2.15 bits per heavy atom. The third kappa shape index (κ3) is 8.89. The lowest BCUT2D eigenvalue weighted by Crippen LogP contribution is -2.06. The van der Waals surface area contributed by atoms with Crippen molar-refractivity contribution in [2.24, 2.45) is 0 Å². The molecule has 0 atom stereocenters. The van der Waals surface area contributed by atoms with E-state index in [1.54, 1.807) is 13.0 Å². The Morgan fingerprint density at radius 1 is 1.07 bits per heavy atom. The molecule has 0 amide bonds. The summed E-state index contributed by atoms with van der Waals surface area (Å²) in [6.45, 7) is 7.33. The molecule has 0 aliphatic carbocycles. The van der Waals surface area contributed by atoms with E-state index < -0.39 is 11.7 Å². The van der Waals surface area contributed by atoms with Crippen LogP contribution in [0.15, 0.2) is 41.3 Å². The molecule has 6 heteroatoms. The summed E-state index contributed by atoms with van der Waals surface area (Å²) >= 11 is 3.72. The Balaban J connectivity index is 0.000000460. The molecule has 0 aromatic heterocycles. The van der Waals surface area contributed by atoms with E-state index in [4.69, 9.17) is 4.74 Å². The van der Waals surface area contributed by atoms with Crippen LogP contribution in [0, 0.1) is 26.7 Å². The molecule has 0 bridgehead atoms. The second kappa shape index (κ2) is 12.3. The molecule has 2 nitrogen and oxygen atoms in total. The molecule has 0 aliphatic heterocycles. The maximum absolute atomic E-state index is 12.2. The molecule has 0 unspecified atom stereocenters. The normalized spacial score (nSPS) is 10.1. The summed E-state index contributed by atoms with van der Waals surface area (Å²) in [5.41, 5.74) is 2.41. The first-order valence-electron chi connectivity index (χ1n) is 8.26. The zero-order valence-corrected chi connectivity index (χ0v) is 16.9. The van der Waals surface area contributed by atoms with Crippen molar-refractivity contribution in [3.05, 3.63) is 58.7 Å². The van der Waals surface area contributed by atoms with E-state index in [9.17, 15) is 13.2 Å². The number of hydrogen-bond donors (Lipinski definition) is 2. The number of hydrogen-bond acceptors (Lipinski definition) is 3. The van der Waals surface area contributed by atoms with Crippen LogP contribution in [0.2, 0.25) is 0 Å². The van der Waals surface area contributed by atoms with Gasteiger partial charge in [-0.05, 0) is 57.1 Å². The van der Waals surface area contributed by atoms with Crippen molar-refractivity contribution in [1.82, 2.24) is 5.32 Å². The fourth-order valence-electron chi connectivity index (χ4n) is 2.22. The highest BCUT2D eigenvalue weighted by molar-refractivity contribution is 7.80. The summed E-state index contributed by atoms with van der Waals surface area (Å²) in [6, 6.07) is 10.3. The van der Waals surface area contributed by atoms with Gasteiger partial charge in [-0.2, -0.15) is 13.2 Å². The van der Waals surface area contributed by atoms with E-state index in [0.29, 0.717) is 5.56 Å². The van der Waals surface area contributed by atoms with Crippen LogP contribution in [0.5, 0.6) is 5.75 Å². The standard InChI is InChI=1S/C11H17NO.C8H7F3S.C2H2/c1-4-13-11-6-5-10(8-12-3)7-9(11)2;1-5-2-3-7(12)6(4-5)8(9,10)11;1-2/h5-7,12H,4,8H2,1-3H3;2-4,12H,1H3;1-2H. The van der Waals surface area contributed by atoms with E-state index >= 15 is 0 Å². The molecule has 0 spiro atoms. The fourth-order valence-corrected chi connectivity index (χ4v) is 2.49. The summed E-state index contributed by atoms with van der Waals surface area (Å²) in [7, 11) is 1.95. The Kier molecular flexibility index (Phi) is 11.4. The van der Waals surface area contributed by atoms with Gasteiger partial charge in [0.2, 0.25) is 0 Å². The highest BCUT2D eigenvalue weighted by Gasteiger charge is 2.32. The van der Waals surface area contributed by atoms with Crippen molar-refractivity contribution < 1.29 is 17.9 Å². The molecule has 2 aromatic rings. The van der Waals surface area contributed by atoms with Gasteiger partial charge in [-0.3, -0.25) is 0 Å². The molecule has 0 saturated heterocycles. The largest absolute Gasteiger partial charge is 0.494 e. The molecule has 0 heterocycles. The van der Waals surface area contributed by atoms with E-state index in [-0.39, 0.29) is 4.90 Å². The van der Waals surface area contributed by atoms with Gasteiger partial charge in [-0.1, -0.05) is 23.8 Å². The smallest absolute Gasteiger partial charge is 0.417 e. The minimum absolute atomic E-state index is 0.0342. The summed E-state index contributed by atoms with van der Waals surface area (Å²) in [5.74, 6) is 0.988. The number of thiol groups is 1. The Morgan fingerprint density at radius 2 is 1.70 bits per heavy atom. The van der Waals surface area contributed by atoms with Crippen LogP contribution < -0.4 is 10.1 Å². The van der Waals surface area contributed by atoms with Crippen LogP contribution in [-0.2, 0) is 12.7 Å². The minimum atomic E-state index is -4.30. The summed E-state index contributed by atoms with van der Waals surface area (Å²) in [6.07, 6.45) is 3.70. The highest BCUT2D eigenvalue weighted by Crippen LogP contribution is 2.34. The monoisotopic (exact) mass is 397 g/mol. The van der Waals surface area contributed by atoms with Gasteiger partial charge in [0, 0.05) is 11.4 Å². The third-order valence-corrected chi connectivity index (χ3v) is 3.77. The van der Waals surface area contributed by atoms with Gasteiger partial charge in [-0.25, -0.2) is 0 Å². The molecule has 0 saturated carbocycles. The number of halogens is 3. The Labute approximate surface area is 165 Å². The molecule has 0 fully saturated rings. The lowest BCUT2D eigenvalue weighted by atomic mass is 10.1. The van der Waals surface area contributed by atoms with E-state index in [2.05, 4.69) is 49.8 Å². The van der Waals surface area contributed by atoms with Gasteiger partial charge in [0.05, 0.1) is 12.2 Å². The number of alkyl halides is 3. The Bertz CT molecular complexity index is 727. The van der Waals surface area contributed by atoms with Crippen LogP contribution in [0.25, 0.3) is 0 Å². The maximum atomic E-state index is 12.2. The molecule has 2 aromatic carbocycles. The fraction of sp³-hybridized carbons (Fsp3) is 0.333. The topological polar surface area (TPSA) is 21.3 Å². The second-order valence-corrected chi connectivity index (χ2v) is 6.06. The molecule has 0 radical (unpaired) electrons. The van der Waals surface area contributed by atoms with E-state index in [1.165, 1.54) is 17.2 Å². The third-order valence-electron chi connectivity index (χ3n) is 3.38. The number of benzene rings is 2. The van der Waals surface area contributed by atoms with Crippen molar-refractivity contribution in [3.8, 4) is 18.6 Å². The van der Waals surface area contributed by atoms with E-state index in [1.807, 2.05) is 20.0 Å². The van der Waals surface area contributed by atoms with Crippen molar-refractivity contribution in [2.75, 3.05) is 13.7 Å². The molecule has 27 heavy (non-hydrogen) atoms. The summed E-state index contributed by atoms with van der Waals surface area (Å²) < 4.78 is 42.0. The van der Waals surface area contributed by atoms with Gasteiger partial charge in [-0.15, -0.1) is 25.5 Å². The van der Waals surface area contributed by atoms with Gasteiger partial charge in [0.25, 0.3) is 0 Å². The maximum Gasteiger partial charge on any atom is 0.417 e. The zero-order chi connectivity index (χ0) is 21.0. The lowest BCUT2D eigenvalue weighted by Gasteiger charge is -2.09. The van der Waals surface area contributed by atoms with Gasteiger partial charge in [0.15, 0.2) is 0 Å². The summed E-state index contributed by atoms with van der Waals surface area (Å²) in [5, 5.41) is 3.12. The van der Waals surface area contributed by atoms with Gasteiger partial charge < -0.3 is 10.1 Å². The first-order chi connectivity index (χ1) is 12.7. The first kappa shape index (κ1) is 24.9. The lowest BCUT2D eigenvalue weighted by molar-refractivity contribution is -0.139. The van der Waals surface area contributed by atoms with Crippen molar-refractivity contribution in [3.63, 3.8) is 0 Å². The molecule has 1 N–H and O–H groups in total. The molecular weight excluding hydrogens is 371 g/mol. The quantitative estimate of drug-likeness (QED) is 0.513. The van der Waals surface area contributed by atoms with Crippen LogP contribution in [0.1, 0.15) is 29.2 Å². The van der Waals surface area contributed by atoms with Crippen LogP contribution >= 0.6 is 12.6 Å². The molecule has 148 valence electrons. The number of terminal acetylenes is 1. The SMILES string of the molecule is C#C.CCOc1ccc(CNC)cc1C.Cc1ccc(S)c(C(F)(F)F)c1. The Hall–Kier alpha value is -2.10. The van der Waals surface area contributed by atoms with Crippen LogP contribution in [0.3, 0.4) is 0 Å².